The molecule has 0 fully saturated rings. The van der Waals surface area contributed by atoms with Gasteiger partial charge in [-0.15, -0.1) is 0 Å². The van der Waals surface area contributed by atoms with Crippen LogP contribution in [0.1, 0.15) is 47.0 Å². The summed E-state index contributed by atoms with van der Waals surface area (Å²) in [5, 5.41) is 26.0. The molecule has 5 atom stereocenters. The van der Waals surface area contributed by atoms with E-state index >= 15 is 0 Å². The molecule has 0 spiro atoms. The lowest BCUT2D eigenvalue weighted by Gasteiger charge is -2.26. The van der Waals surface area contributed by atoms with Crippen molar-refractivity contribution in [1.29, 1.82) is 0 Å². The molecule has 0 rings (SSSR count). The Morgan fingerprint density at radius 2 is 1.48 bits per heavy atom. The van der Waals surface area contributed by atoms with E-state index in [0.29, 0.717) is 19.4 Å². The average Bonchev–Trinajstić information content (AvgIpc) is 2.63. The maximum atomic E-state index is 12.5. The summed E-state index contributed by atoms with van der Waals surface area (Å²) >= 11 is 0. The van der Waals surface area contributed by atoms with E-state index < -0.39 is 54.0 Å². The molecule has 0 aromatic carbocycles. The highest BCUT2D eigenvalue weighted by Gasteiger charge is 2.30. The lowest BCUT2D eigenvalue weighted by molar-refractivity contribution is -0.142. The molecule has 5 unspecified atom stereocenters. The summed E-state index contributed by atoms with van der Waals surface area (Å²) < 4.78 is 0. The molecule has 0 saturated heterocycles. The quantitative estimate of drug-likeness (QED) is 0.168. The predicted octanol–water partition coefficient (Wildman–Crippen LogP) is -1.96. The second kappa shape index (κ2) is 13.1. The highest BCUT2D eigenvalue weighted by atomic mass is 16.4. The lowest BCUT2D eigenvalue weighted by Crippen LogP contribution is -2.58. The van der Waals surface area contributed by atoms with Crippen LogP contribution in [0.4, 0.5) is 0 Å². The number of hydrogen-bond acceptors (Lipinski definition) is 7. The molecule has 11 heteroatoms. The van der Waals surface area contributed by atoms with Gasteiger partial charge >= 0.3 is 5.97 Å². The smallest absolute Gasteiger partial charge is 0.326 e. The molecular formula is C18H35N5O6. The number of aliphatic hydroxyl groups is 1. The van der Waals surface area contributed by atoms with E-state index in [-0.39, 0.29) is 12.3 Å². The first kappa shape index (κ1) is 26.8. The highest BCUT2D eigenvalue weighted by Crippen LogP contribution is 2.05. The van der Waals surface area contributed by atoms with Gasteiger partial charge in [-0.05, 0) is 45.6 Å². The molecule has 0 aliphatic carbocycles. The van der Waals surface area contributed by atoms with Crippen LogP contribution in [-0.2, 0) is 19.2 Å². The molecule has 29 heavy (non-hydrogen) atoms. The second-order valence-electron chi connectivity index (χ2n) is 7.41. The Morgan fingerprint density at radius 3 is 1.93 bits per heavy atom. The van der Waals surface area contributed by atoms with Crippen molar-refractivity contribution in [2.75, 3.05) is 6.54 Å². The van der Waals surface area contributed by atoms with Gasteiger partial charge in [-0.3, -0.25) is 14.4 Å². The van der Waals surface area contributed by atoms with Crippen molar-refractivity contribution in [3.63, 3.8) is 0 Å². The summed E-state index contributed by atoms with van der Waals surface area (Å²) in [6.45, 7) is 6.58. The van der Waals surface area contributed by atoms with E-state index in [1.54, 1.807) is 13.8 Å². The van der Waals surface area contributed by atoms with Crippen molar-refractivity contribution in [3.8, 4) is 0 Å². The van der Waals surface area contributed by atoms with Gasteiger partial charge in [0.25, 0.3) is 0 Å². The number of hydrogen-bond donors (Lipinski definition) is 7. The number of unbranched alkanes of at least 4 members (excludes halogenated alkanes) is 1. The summed E-state index contributed by atoms with van der Waals surface area (Å²) in [6, 6.07) is -4.29. The van der Waals surface area contributed by atoms with Crippen LogP contribution in [0, 0.1) is 5.92 Å². The maximum Gasteiger partial charge on any atom is 0.326 e. The Kier molecular flexibility index (Phi) is 12.1. The predicted molar refractivity (Wildman–Crippen MR) is 107 cm³/mol. The fourth-order valence-electron chi connectivity index (χ4n) is 2.42. The minimum absolute atomic E-state index is 0.223. The van der Waals surface area contributed by atoms with Crippen molar-refractivity contribution in [1.82, 2.24) is 16.0 Å². The van der Waals surface area contributed by atoms with Gasteiger partial charge in [0.15, 0.2) is 0 Å². The first-order valence-corrected chi connectivity index (χ1v) is 9.69. The molecule has 3 amide bonds. The SMILES string of the molecule is CC(NC(=O)C(NC(=O)C(N)C(C)O)C(C)C)C(=O)NC(CCCCN)C(=O)O. The molecule has 0 saturated carbocycles. The molecule has 0 aromatic rings. The van der Waals surface area contributed by atoms with Crippen LogP contribution in [0.15, 0.2) is 0 Å². The third kappa shape index (κ3) is 9.68. The van der Waals surface area contributed by atoms with Crippen molar-refractivity contribution in [3.05, 3.63) is 0 Å². The first-order chi connectivity index (χ1) is 13.4. The van der Waals surface area contributed by atoms with Gasteiger partial charge in [0.05, 0.1) is 6.10 Å². The van der Waals surface area contributed by atoms with Gasteiger partial charge < -0.3 is 37.6 Å². The van der Waals surface area contributed by atoms with E-state index in [1.807, 2.05) is 0 Å². The molecule has 9 N–H and O–H groups in total. The molecule has 0 bridgehead atoms. The summed E-state index contributed by atoms with van der Waals surface area (Å²) in [5.74, 6) is -3.47. The maximum absolute atomic E-state index is 12.5. The first-order valence-electron chi connectivity index (χ1n) is 9.69. The number of aliphatic hydroxyl groups excluding tert-OH is 1. The minimum Gasteiger partial charge on any atom is -0.480 e. The van der Waals surface area contributed by atoms with Crippen molar-refractivity contribution in [2.24, 2.45) is 17.4 Å². The standard InChI is InChI=1S/C18H35N5O6/c1-9(2)14(23-16(26)13(20)11(4)24)17(27)21-10(3)15(25)22-12(18(28)29)7-5-6-8-19/h9-14,24H,5-8,19-20H2,1-4H3,(H,21,27)(H,22,25)(H,23,26)(H,28,29). The number of amides is 3. The topological polar surface area (TPSA) is 197 Å². The largest absolute Gasteiger partial charge is 0.480 e. The zero-order valence-corrected chi connectivity index (χ0v) is 17.5. The monoisotopic (exact) mass is 417 g/mol. The number of nitrogens with one attached hydrogen (secondary N) is 3. The molecule has 0 aliphatic heterocycles. The third-order valence-electron chi connectivity index (χ3n) is 4.38. The number of aliphatic carboxylic acids is 1. The summed E-state index contributed by atoms with van der Waals surface area (Å²) in [4.78, 5) is 48.1. The van der Waals surface area contributed by atoms with E-state index in [0.717, 1.165) is 0 Å². The van der Waals surface area contributed by atoms with E-state index in [9.17, 15) is 29.4 Å². The summed E-state index contributed by atoms with van der Waals surface area (Å²) in [7, 11) is 0. The molecular weight excluding hydrogens is 382 g/mol. The van der Waals surface area contributed by atoms with Gasteiger partial charge in [-0.2, -0.15) is 0 Å². The summed E-state index contributed by atoms with van der Waals surface area (Å²) in [5.41, 5.74) is 11.0. The number of carbonyl (C=O) groups excluding carboxylic acids is 3. The van der Waals surface area contributed by atoms with Gasteiger partial charge in [-0.25, -0.2) is 4.79 Å². The number of rotatable bonds is 13. The van der Waals surface area contributed by atoms with Crippen LogP contribution in [0.5, 0.6) is 0 Å². The van der Waals surface area contributed by atoms with Gasteiger partial charge in [0.1, 0.15) is 24.2 Å². The van der Waals surface area contributed by atoms with E-state index in [4.69, 9.17) is 11.5 Å². The Morgan fingerprint density at radius 1 is 0.897 bits per heavy atom. The lowest BCUT2D eigenvalue weighted by atomic mass is 10.0. The van der Waals surface area contributed by atoms with E-state index in [1.165, 1.54) is 13.8 Å². The Labute approximate surface area is 171 Å². The molecule has 11 nitrogen and oxygen atoms in total. The Balaban J connectivity index is 4.92. The second-order valence-corrected chi connectivity index (χ2v) is 7.41. The van der Waals surface area contributed by atoms with Crippen molar-refractivity contribution in [2.45, 2.75) is 77.2 Å². The fraction of sp³-hybridized carbons (Fsp3) is 0.778. The van der Waals surface area contributed by atoms with Crippen LogP contribution < -0.4 is 27.4 Å². The Bertz CT molecular complexity index is 569. The number of carbonyl (C=O) groups is 4. The fourth-order valence-corrected chi connectivity index (χ4v) is 2.42. The van der Waals surface area contributed by atoms with Crippen LogP contribution in [0.2, 0.25) is 0 Å². The van der Waals surface area contributed by atoms with Crippen molar-refractivity contribution >= 4 is 23.7 Å². The van der Waals surface area contributed by atoms with Crippen LogP contribution in [0.3, 0.4) is 0 Å². The molecule has 0 heterocycles. The zero-order chi connectivity index (χ0) is 22.7. The van der Waals surface area contributed by atoms with Crippen molar-refractivity contribution < 1.29 is 29.4 Å². The Hall–Kier alpha value is -2.24. The normalized spacial score (nSPS) is 16.3. The third-order valence-corrected chi connectivity index (χ3v) is 4.38. The highest BCUT2D eigenvalue weighted by molar-refractivity contribution is 5.94. The van der Waals surface area contributed by atoms with Crippen LogP contribution >= 0.6 is 0 Å². The van der Waals surface area contributed by atoms with Crippen LogP contribution in [0.25, 0.3) is 0 Å². The molecule has 0 radical (unpaired) electrons. The van der Waals surface area contributed by atoms with Gasteiger partial charge in [0.2, 0.25) is 17.7 Å². The zero-order valence-electron chi connectivity index (χ0n) is 17.5. The van der Waals surface area contributed by atoms with E-state index in [2.05, 4.69) is 16.0 Å². The number of carboxylic acids is 1. The molecule has 0 aliphatic rings. The number of carboxylic acid groups (broad SMARTS) is 1. The van der Waals surface area contributed by atoms with Crippen LogP contribution in [-0.4, -0.2) is 70.7 Å². The molecule has 168 valence electrons. The molecule has 0 aromatic heterocycles. The average molecular weight is 418 g/mol. The minimum atomic E-state index is -1.20. The number of nitrogens with two attached hydrogens (primary N) is 2. The summed E-state index contributed by atoms with van der Waals surface area (Å²) in [6.07, 6.45) is 0.305. The van der Waals surface area contributed by atoms with Gasteiger partial charge in [0, 0.05) is 0 Å². The van der Waals surface area contributed by atoms with Gasteiger partial charge in [-0.1, -0.05) is 13.8 Å².